The number of piperidine rings is 1. The van der Waals surface area contributed by atoms with Gasteiger partial charge in [0.25, 0.3) is 5.56 Å². The first-order chi connectivity index (χ1) is 15.9. The Balaban J connectivity index is 1.30. The zero-order chi connectivity index (χ0) is 23.5. The number of methoxy groups -OCH3 is 1. The lowest BCUT2D eigenvalue weighted by Crippen LogP contribution is -2.44. The second-order valence-corrected chi connectivity index (χ2v) is 8.92. The van der Waals surface area contributed by atoms with E-state index in [2.05, 4.69) is 26.4 Å². The van der Waals surface area contributed by atoms with Crippen molar-refractivity contribution in [3.8, 4) is 5.75 Å². The summed E-state index contributed by atoms with van der Waals surface area (Å²) in [5, 5.41) is 8.54. The molecule has 0 spiro atoms. The van der Waals surface area contributed by atoms with Gasteiger partial charge in [-0.3, -0.25) is 19.2 Å². The van der Waals surface area contributed by atoms with Crippen LogP contribution in [0.3, 0.4) is 0 Å². The average Bonchev–Trinajstić information content (AvgIpc) is 3.08. The van der Waals surface area contributed by atoms with Crippen molar-refractivity contribution in [3.05, 3.63) is 57.0 Å². The fourth-order valence-corrected chi connectivity index (χ4v) is 4.90. The fraction of sp³-hybridized carbons (Fsp3) is 0.480. The van der Waals surface area contributed by atoms with Crippen LogP contribution in [0.25, 0.3) is 11.0 Å². The summed E-state index contributed by atoms with van der Waals surface area (Å²) < 4.78 is 7.15. The van der Waals surface area contributed by atoms with E-state index in [1.807, 2.05) is 39.1 Å². The molecule has 1 saturated heterocycles. The summed E-state index contributed by atoms with van der Waals surface area (Å²) in [4.78, 5) is 30.6. The summed E-state index contributed by atoms with van der Waals surface area (Å²) in [5.41, 5.74) is 4.23. The Kier molecular flexibility index (Phi) is 6.83. The van der Waals surface area contributed by atoms with E-state index in [1.54, 1.807) is 11.8 Å². The van der Waals surface area contributed by atoms with Crippen LogP contribution < -0.4 is 15.6 Å². The number of ether oxygens (including phenoxy) is 1. The minimum atomic E-state index is -0.138. The molecule has 0 saturated carbocycles. The number of aryl methyl sites for hydroxylation is 3. The predicted octanol–water partition coefficient (Wildman–Crippen LogP) is 2.60. The van der Waals surface area contributed by atoms with E-state index >= 15 is 0 Å². The normalized spacial score (nSPS) is 15.2. The minimum absolute atomic E-state index is 0.0000147. The molecule has 0 unspecified atom stereocenters. The molecule has 2 N–H and O–H groups in total. The third kappa shape index (κ3) is 4.95. The zero-order valence-electron chi connectivity index (χ0n) is 19.9. The third-order valence-corrected chi connectivity index (χ3v) is 6.70. The molecule has 8 heteroatoms. The van der Waals surface area contributed by atoms with Gasteiger partial charge in [0.15, 0.2) is 0 Å². The molecule has 1 aliphatic heterocycles. The molecule has 1 fully saturated rings. The molecule has 0 atom stereocenters. The highest BCUT2D eigenvalue weighted by atomic mass is 16.5. The standard InChI is InChI=1S/C25H33N5O3/c1-16-20(25(32)27-24-23(16)17(2)28-29(24)3)9-10-22(31)26-19-11-13-30(14-12-19)15-18-7-5-6-8-21(18)33-4/h5-8,19H,9-15H2,1-4H3,(H,26,31)(H,27,32). The van der Waals surface area contributed by atoms with E-state index in [1.165, 1.54) is 5.56 Å². The van der Waals surface area contributed by atoms with Crippen molar-refractivity contribution in [1.29, 1.82) is 0 Å². The number of aromatic amines is 1. The minimum Gasteiger partial charge on any atom is -0.496 e. The molecule has 0 bridgehead atoms. The Morgan fingerprint density at radius 2 is 1.97 bits per heavy atom. The maximum absolute atomic E-state index is 12.6. The molecule has 0 radical (unpaired) electrons. The van der Waals surface area contributed by atoms with Crippen molar-refractivity contribution in [3.63, 3.8) is 0 Å². The van der Waals surface area contributed by atoms with Crippen molar-refractivity contribution in [2.45, 2.75) is 52.1 Å². The lowest BCUT2D eigenvalue weighted by Gasteiger charge is -2.32. The second-order valence-electron chi connectivity index (χ2n) is 8.92. The van der Waals surface area contributed by atoms with Gasteiger partial charge in [-0.2, -0.15) is 5.10 Å². The van der Waals surface area contributed by atoms with Crippen LogP contribution in [-0.2, 0) is 24.8 Å². The van der Waals surface area contributed by atoms with Crippen LogP contribution in [0.2, 0.25) is 0 Å². The van der Waals surface area contributed by atoms with E-state index in [0.29, 0.717) is 18.4 Å². The number of nitrogens with one attached hydrogen (secondary N) is 2. The van der Waals surface area contributed by atoms with Gasteiger partial charge in [-0.05, 0) is 44.7 Å². The molecule has 3 heterocycles. The molecular formula is C25H33N5O3. The molecular weight excluding hydrogens is 418 g/mol. The zero-order valence-corrected chi connectivity index (χ0v) is 19.9. The number of carbonyl (C=O) groups excluding carboxylic acids is 1. The van der Waals surface area contributed by atoms with Crippen LogP contribution in [0.1, 0.15) is 41.6 Å². The van der Waals surface area contributed by atoms with E-state index < -0.39 is 0 Å². The van der Waals surface area contributed by atoms with Gasteiger partial charge in [-0.15, -0.1) is 0 Å². The lowest BCUT2D eigenvalue weighted by molar-refractivity contribution is -0.122. The number of hydrogen-bond donors (Lipinski definition) is 2. The van der Waals surface area contributed by atoms with Crippen LogP contribution in [0.4, 0.5) is 0 Å². The van der Waals surface area contributed by atoms with Crippen molar-refractivity contribution in [2.24, 2.45) is 7.05 Å². The molecule has 1 aliphatic rings. The Bertz CT molecular complexity index is 1200. The van der Waals surface area contributed by atoms with E-state index in [4.69, 9.17) is 4.74 Å². The average molecular weight is 452 g/mol. The van der Waals surface area contributed by atoms with E-state index in [9.17, 15) is 9.59 Å². The second kappa shape index (κ2) is 9.79. The predicted molar refractivity (Wildman–Crippen MR) is 129 cm³/mol. The number of hydrogen-bond acceptors (Lipinski definition) is 5. The van der Waals surface area contributed by atoms with Crippen LogP contribution in [0.15, 0.2) is 29.1 Å². The van der Waals surface area contributed by atoms with Crippen molar-refractivity contribution in [2.75, 3.05) is 20.2 Å². The smallest absolute Gasteiger partial charge is 0.253 e. The molecule has 8 nitrogen and oxygen atoms in total. The molecule has 176 valence electrons. The van der Waals surface area contributed by atoms with E-state index in [0.717, 1.165) is 60.5 Å². The van der Waals surface area contributed by atoms with Crippen LogP contribution >= 0.6 is 0 Å². The van der Waals surface area contributed by atoms with Crippen LogP contribution in [0, 0.1) is 13.8 Å². The number of nitrogens with zero attached hydrogens (tertiary/aromatic N) is 3. The first-order valence-electron chi connectivity index (χ1n) is 11.6. The first kappa shape index (κ1) is 23.0. The number of pyridine rings is 1. The lowest BCUT2D eigenvalue weighted by atomic mass is 10.0. The number of likely N-dealkylation sites (tertiary alicyclic amines) is 1. The van der Waals surface area contributed by atoms with Gasteiger partial charge < -0.3 is 15.0 Å². The Labute approximate surface area is 193 Å². The summed E-state index contributed by atoms with van der Waals surface area (Å²) in [6, 6.07) is 8.28. The molecule has 3 aromatic rings. The number of H-pyrrole nitrogens is 1. The highest BCUT2D eigenvalue weighted by Crippen LogP contribution is 2.23. The topological polar surface area (TPSA) is 92.2 Å². The third-order valence-electron chi connectivity index (χ3n) is 6.70. The number of rotatable bonds is 7. The van der Waals surface area contributed by atoms with Crippen molar-refractivity contribution < 1.29 is 9.53 Å². The fourth-order valence-electron chi connectivity index (χ4n) is 4.90. The van der Waals surface area contributed by atoms with E-state index in [-0.39, 0.29) is 17.5 Å². The van der Waals surface area contributed by atoms with Crippen LogP contribution in [0.5, 0.6) is 5.75 Å². The number of amides is 1. The first-order valence-corrected chi connectivity index (χ1v) is 11.6. The Morgan fingerprint density at radius 1 is 1.24 bits per heavy atom. The van der Waals surface area contributed by atoms with Gasteiger partial charge in [0, 0.05) is 55.7 Å². The SMILES string of the molecule is COc1ccccc1CN1CCC(NC(=O)CCc2c(C)c3c(C)nn(C)c3[nH]c2=O)CC1. The quantitative estimate of drug-likeness (QED) is 0.576. The van der Waals surface area contributed by atoms with Gasteiger partial charge in [0.2, 0.25) is 5.91 Å². The van der Waals surface area contributed by atoms with Crippen molar-refractivity contribution in [1.82, 2.24) is 25.0 Å². The largest absolute Gasteiger partial charge is 0.496 e. The summed E-state index contributed by atoms with van der Waals surface area (Å²) in [7, 11) is 3.52. The molecule has 0 aliphatic carbocycles. The maximum atomic E-state index is 12.6. The number of fused-ring (bicyclic) bond motifs is 1. The number of carbonyl (C=O) groups is 1. The summed E-state index contributed by atoms with van der Waals surface area (Å²) >= 11 is 0. The monoisotopic (exact) mass is 451 g/mol. The number of benzene rings is 1. The van der Waals surface area contributed by atoms with Gasteiger partial charge in [0.05, 0.1) is 12.8 Å². The van der Waals surface area contributed by atoms with Gasteiger partial charge in [-0.1, -0.05) is 18.2 Å². The van der Waals surface area contributed by atoms with Crippen molar-refractivity contribution >= 4 is 16.9 Å². The summed E-state index contributed by atoms with van der Waals surface area (Å²) in [5.74, 6) is 0.915. The number of aromatic nitrogens is 3. The highest BCUT2D eigenvalue weighted by molar-refractivity contribution is 5.83. The molecule has 2 aromatic heterocycles. The van der Waals surface area contributed by atoms with Gasteiger partial charge >= 0.3 is 0 Å². The molecule has 4 rings (SSSR count). The highest BCUT2D eigenvalue weighted by Gasteiger charge is 2.22. The summed E-state index contributed by atoms with van der Waals surface area (Å²) in [6.07, 6.45) is 2.56. The molecule has 1 aromatic carbocycles. The Hall–Kier alpha value is -3.13. The van der Waals surface area contributed by atoms with Gasteiger partial charge in [-0.25, -0.2) is 0 Å². The Morgan fingerprint density at radius 3 is 2.70 bits per heavy atom. The van der Waals surface area contributed by atoms with Crippen LogP contribution in [-0.4, -0.2) is 51.8 Å². The maximum Gasteiger partial charge on any atom is 0.253 e. The summed E-state index contributed by atoms with van der Waals surface area (Å²) in [6.45, 7) is 6.59. The molecule has 33 heavy (non-hydrogen) atoms. The molecule has 1 amide bonds. The van der Waals surface area contributed by atoms with Gasteiger partial charge in [0.1, 0.15) is 11.4 Å². The number of para-hydroxylation sites is 1.